The molecule has 0 fully saturated rings. The molecule has 3 aromatic rings. The van der Waals surface area contributed by atoms with Crippen molar-refractivity contribution in [2.75, 3.05) is 25.0 Å². The first-order valence-electron chi connectivity index (χ1n) is 9.73. The lowest BCUT2D eigenvalue weighted by Gasteiger charge is -2.13. The Kier molecular flexibility index (Phi) is 5.16. The molecule has 0 saturated carbocycles. The van der Waals surface area contributed by atoms with Crippen LogP contribution in [0, 0.1) is 6.92 Å². The summed E-state index contributed by atoms with van der Waals surface area (Å²) in [5.41, 5.74) is 7.47. The molecule has 1 aliphatic rings. The summed E-state index contributed by atoms with van der Waals surface area (Å²) in [5.74, 6) is 1.85. The van der Waals surface area contributed by atoms with Crippen LogP contribution in [0.3, 0.4) is 0 Å². The van der Waals surface area contributed by atoms with Gasteiger partial charge >= 0.3 is 0 Å². The molecule has 4 heteroatoms. The average Bonchev–Trinajstić information content (AvgIpc) is 3.03. The largest absolute Gasteiger partial charge is 0.368 e. The fourth-order valence-corrected chi connectivity index (χ4v) is 3.69. The molecule has 1 aromatic heterocycles. The third kappa shape index (κ3) is 3.86. The maximum atomic E-state index is 4.93. The lowest BCUT2D eigenvalue weighted by molar-refractivity contribution is 0.737. The lowest BCUT2D eigenvalue weighted by atomic mass is 10.0. The normalized spacial score (nSPS) is 11.9. The monoisotopic (exact) mass is 358 g/mol. The van der Waals surface area contributed by atoms with Gasteiger partial charge in [0.2, 0.25) is 0 Å². The van der Waals surface area contributed by atoms with Crippen LogP contribution >= 0.6 is 0 Å². The van der Waals surface area contributed by atoms with Crippen molar-refractivity contribution < 1.29 is 0 Å². The van der Waals surface area contributed by atoms with Crippen LogP contribution in [0.15, 0.2) is 48.5 Å². The summed E-state index contributed by atoms with van der Waals surface area (Å²) in [6.07, 6.45) is 1.64. The van der Waals surface area contributed by atoms with Crippen molar-refractivity contribution in [3.8, 4) is 11.1 Å². The molecule has 4 rings (SSSR count). The second-order valence-electron chi connectivity index (χ2n) is 7.09. The summed E-state index contributed by atoms with van der Waals surface area (Å²) in [4.78, 5) is 9.84. The Balaban J connectivity index is 1.69. The minimum Gasteiger partial charge on any atom is -0.368 e. The van der Waals surface area contributed by atoms with Crippen LogP contribution in [0.2, 0.25) is 0 Å². The maximum Gasteiger partial charge on any atom is 0.137 e. The molecule has 138 valence electrons. The van der Waals surface area contributed by atoms with Gasteiger partial charge in [0.15, 0.2) is 0 Å². The fourth-order valence-electron chi connectivity index (χ4n) is 3.69. The highest BCUT2D eigenvalue weighted by Crippen LogP contribution is 2.40. The van der Waals surface area contributed by atoms with E-state index in [9.17, 15) is 0 Å². The highest BCUT2D eigenvalue weighted by atomic mass is 15.1. The maximum absolute atomic E-state index is 4.93. The first-order chi connectivity index (χ1) is 13.2. The molecule has 27 heavy (non-hydrogen) atoms. The van der Waals surface area contributed by atoms with E-state index < -0.39 is 0 Å². The molecule has 0 spiro atoms. The third-order valence-electron chi connectivity index (χ3n) is 4.97. The van der Waals surface area contributed by atoms with E-state index in [1.807, 2.05) is 6.07 Å². The van der Waals surface area contributed by atoms with E-state index in [0.717, 1.165) is 49.8 Å². The summed E-state index contributed by atoms with van der Waals surface area (Å²) in [5, 5.41) is 6.91. The van der Waals surface area contributed by atoms with Gasteiger partial charge in [0.25, 0.3) is 0 Å². The summed E-state index contributed by atoms with van der Waals surface area (Å²) in [6, 6.07) is 17.1. The highest BCUT2D eigenvalue weighted by molar-refractivity contribution is 5.84. The van der Waals surface area contributed by atoms with Crippen LogP contribution in [0.1, 0.15) is 35.1 Å². The summed E-state index contributed by atoms with van der Waals surface area (Å²) >= 11 is 0. The number of likely N-dealkylation sites (N-methyl/N-ethyl adjacent to an activating group) is 1. The number of aryl methyl sites for hydroxylation is 1. The molecule has 0 amide bonds. The molecule has 0 unspecified atom stereocenters. The number of aromatic nitrogens is 2. The van der Waals surface area contributed by atoms with Crippen molar-refractivity contribution >= 4 is 5.82 Å². The van der Waals surface area contributed by atoms with Gasteiger partial charge in [-0.2, -0.15) is 0 Å². The molecule has 1 heterocycles. The number of hydrogen-bond donors (Lipinski definition) is 2. The van der Waals surface area contributed by atoms with Crippen molar-refractivity contribution in [3.05, 3.63) is 76.7 Å². The number of fused-ring (bicyclic) bond motifs is 3. The predicted octanol–water partition coefficient (Wildman–Crippen LogP) is 3.97. The third-order valence-corrected chi connectivity index (χ3v) is 4.97. The van der Waals surface area contributed by atoms with Crippen molar-refractivity contribution in [2.45, 2.75) is 26.7 Å². The van der Waals surface area contributed by atoms with E-state index in [-0.39, 0.29) is 0 Å². The minimum absolute atomic E-state index is 0.755. The Morgan fingerprint density at radius 1 is 1.00 bits per heavy atom. The predicted molar refractivity (Wildman–Crippen MR) is 111 cm³/mol. The van der Waals surface area contributed by atoms with Crippen molar-refractivity contribution in [1.82, 2.24) is 15.3 Å². The molecular weight excluding hydrogens is 332 g/mol. The lowest BCUT2D eigenvalue weighted by Crippen LogP contribution is -2.22. The van der Waals surface area contributed by atoms with E-state index in [0.29, 0.717) is 0 Å². The molecule has 0 atom stereocenters. The van der Waals surface area contributed by atoms with Crippen molar-refractivity contribution in [2.24, 2.45) is 0 Å². The molecule has 2 aromatic carbocycles. The average molecular weight is 358 g/mol. The highest BCUT2D eigenvalue weighted by Gasteiger charge is 2.25. The van der Waals surface area contributed by atoms with Gasteiger partial charge in [0.05, 0.1) is 5.69 Å². The molecule has 2 N–H and O–H groups in total. The number of rotatable bonds is 7. The van der Waals surface area contributed by atoms with Gasteiger partial charge in [-0.1, -0.05) is 61.0 Å². The van der Waals surface area contributed by atoms with Crippen LogP contribution in [0.25, 0.3) is 11.1 Å². The molecule has 4 nitrogen and oxygen atoms in total. The van der Waals surface area contributed by atoms with Gasteiger partial charge in [-0.25, -0.2) is 9.97 Å². The van der Waals surface area contributed by atoms with E-state index in [1.54, 1.807) is 0 Å². The summed E-state index contributed by atoms with van der Waals surface area (Å²) in [6.45, 7) is 7.02. The van der Waals surface area contributed by atoms with Crippen LogP contribution in [0.4, 0.5) is 5.82 Å². The summed E-state index contributed by atoms with van der Waals surface area (Å²) < 4.78 is 0. The van der Waals surface area contributed by atoms with Gasteiger partial charge in [0, 0.05) is 31.5 Å². The SMILES string of the molecule is CCNCCNc1nc(Cc2ccccc2)nc2c1-c1ccc(C)cc1C2. The standard InChI is InChI=1S/C23H26N4/c1-3-24-11-12-25-23-22-19-10-9-16(2)13-18(19)15-20(22)26-21(27-23)14-17-7-5-4-6-8-17/h4-10,13,24H,3,11-12,14-15H2,1-2H3,(H,25,26,27). The topological polar surface area (TPSA) is 49.8 Å². The van der Waals surface area contributed by atoms with Gasteiger partial charge < -0.3 is 10.6 Å². The van der Waals surface area contributed by atoms with Crippen LogP contribution in [-0.2, 0) is 12.8 Å². The number of nitrogens with zero attached hydrogens (tertiary/aromatic N) is 2. The first-order valence-corrected chi connectivity index (χ1v) is 9.73. The van der Waals surface area contributed by atoms with E-state index in [2.05, 4.69) is 66.9 Å². The molecule has 1 aliphatic carbocycles. The van der Waals surface area contributed by atoms with E-state index in [4.69, 9.17) is 9.97 Å². The Morgan fingerprint density at radius 3 is 2.67 bits per heavy atom. The summed E-state index contributed by atoms with van der Waals surface area (Å²) in [7, 11) is 0. The number of nitrogens with one attached hydrogen (secondary N) is 2. The molecule has 0 aliphatic heterocycles. The Labute approximate surface area is 161 Å². The Morgan fingerprint density at radius 2 is 1.85 bits per heavy atom. The van der Waals surface area contributed by atoms with E-state index >= 15 is 0 Å². The van der Waals surface area contributed by atoms with Crippen molar-refractivity contribution in [3.63, 3.8) is 0 Å². The Hall–Kier alpha value is -2.72. The molecular formula is C23H26N4. The molecule has 0 bridgehead atoms. The van der Waals surface area contributed by atoms with Crippen LogP contribution in [0.5, 0.6) is 0 Å². The van der Waals surface area contributed by atoms with Gasteiger partial charge in [-0.15, -0.1) is 0 Å². The Bertz CT molecular complexity index is 935. The zero-order chi connectivity index (χ0) is 18.6. The minimum atomic E-state index is 0.755. The number of hydrogen-bond acceptors (Lipinski definition) is 4. The zero-order valence-electron chi connectivity index (χ0n) is 16.0. The number of benzene rings is 2. The van der Waals surface area contributed by atoms with Gasteiger partial charge in [-0.05, 0) is 30.2 Å². The zero-order valence-corrected chi connectivity index (χ0v) is 16.0. The first kappa shape index (κ1) is 17.7. The van der Waals surface area contributed by atoms with Gasteiger partial charge in [0.1, 0.15) is 11.6 Å². The smallest absolute Gasteiger partial charge is 0.137 e. The van der Waals surface area contributed by atoms with Crippen LogP contribution in [-0.4, -0.2) is 29.6 Å². The second kappa shape index (κ2) is 7.89. The van der Waals surface area contributed by atoms with E-state index in [1.165, 1.54) is 27.8 Å². The molecule has 0 saturated heterocycles. The second-order valence-corrected chi connectivity index (χ2v) is 7.09. The van der Waals surface area contributed by atoms with Crippen LogP contribution < -0.4 is 10.6 Å². The van der Waals surface area contributed by atoms with Gasteiger partial charge in [-0.3, -0.25) is 0 Å². The fraction of sp³-hybridized carbons (Fsp3) is 0.304. The molecule has 0 radical (unpaired) electrons. The number of anilines is 1. The van der Waals surface area contributed by atoms with Crippen molar-refractivity contribution in [1.29, 1.82) is 0 Å². The quantitative estimate of drug-likeness (QED) is 0.491.